The van der Waals surface area contributed by atoms with Gasteiger partial charge in [-0.15, -0.1) is 0 Å². The molecule has 0 bridgehead atoms. The molecule has 2 fully saturated rings. The van der Waals surface area contributed by atoms with Crippen molar-refractivity contribution in [3.63, 3.8) is 0 Å². The van der Waals surface area contributed by atoms with E-state index in [1.54, 1.807) is 0 Å². The Hall–Kier alpha value is -0.620. The summed E-state index contributed by atoms with van der Waals surface area (Å²) in [5.74, 6) is -0.385. The Morgan fingerprint density at radius 1 is 1.40 bits per heavy atom. The Morgan fingerprint density at radius 2 is 2.07 bits per heavy atom. The predicted octanol–water partition coefficient (Wildman–Crippen LogP) is -0.374. The molecule has 0 amide bonds. The lowest BCUT2D eigenvalue weighted by Gasteiger charge is -2.09. The molecular weight excluding hydrogens is 218 g/mol. The molecule has 0 aromatic carbocycles. The highest BCUT2D eigenvalue weighted by atomic mass is 32.2. The number of hydrogen-bond acceptors (Lipinski definition) is 4. The third kappa shape index (κ3) is 2.49. The number of sulfone groups is 1. The standard InChI is InChI=1S/C9H15NO4S/c11-9(12)8-3-7(4-10-8)15(13,14)5-6-1-2-6/h6-8,10H,1-5H2,(H,11,12)/t7-,8+/m1/s1. The molecular formula is C9H15NO4S. The van der Waals surface area contributed by atoms with E-state index in [0.717, 1.165) is 12.8 Å². The molecule has 1 saturated carbocycles. The molecule has 0 spiro atoms. The van der Waals surface area contributed by atoms with Crippen molar-refractivity contribution < 1.29 is 18.3 Å². The smallest absolute Gasteiger partial charge is 0.320 e. The summed E-state index contributed by atoms with van der Waals surface area (Å²) in [6, 6.07) is -0.691. The van der Waals surface area contributed by atoms with E-state index in [1.165, 1.54) is 0 Å². The molecule has 0 unspecified atom stereocenters. The maximum atomic E-state index is 11.8. The molecule has 1 aliphatic heterocycles. The van der Waals surface area contributed by atoms with E-state index in [9.17, 15) is 13.2 Å². The summed E-state index contributed by atoms with van der Waals surface area (Å²) in [6.07, 6.45) is 2.22. The Labute approximate surface area is 88.8 Å². The van der Waals surface area contributed by atoms with Crippen LogP contribution in [0.4, 0.5) is 0 Å². The van der Waals surface area contributed by atoms with Crippen LogP contribution in [0.2, 0.25) is 0 Å². The second kappa shape index (κ2) is 3.75. The van der Waals surface area contributed by atoms with Crippen LogP contribution in [0.25, 0.3) is 0 Å². The van der Waals surface area contributed by atoms with E-state index in [1.807, 2.05) is 0 Å². The molecule has 2 atom stereocenters. The normalized spacial score (nSPS) is 31.7. The zero-order chi connectivity index (χ0) is 11.1. The third-order valence-electron chi connectivity index (χ3n) is 3.06. The van der Waals surface area contributed by atoms with Crippen molar-refractivity contribution in [3.05, 3.63) is 0 Å². The number of carboxylic acids is 1. The van der Waals surface area contributed by atoms with Gasteiger partial charge in [-0.25, -0.2) is 8.42 Å². The molecule has 0 radical (unpaired) electrons. The summed E-state index contributed by atoms with van der Waals surface area (Å²) < 4.78 is 23.6. The zero-order valence-corrected chi connectivity index (χ0v) is 9.16. The predicted molar refractivity (Wildman–Crippen MR) is 54.3 cm³/mol. The second-order valence-corrected chi connectivity index (χ2v) is 6.76. The molecule has 6 heteroatoms. The van der Waals surface area contributed by atoms with E-state index in [2.05, 4.69) is 5.32 Å². The van der Waals surface area contributed by atoms with Gasteiger partial charge in [0.2, 0.25) is 0 Å². The maximum absolute atomic E-state index is 11.8. The first-order chi connectivity index (χ1) is 6.99. The first-order valence-corrected chi connectivity index (χ1v) is 6.88. The fraction of sp³-hybridized carbons (Fsp3) is 0.889. The second-order valence-electron chi connectivity index (χ2n) is 4.43. The summed E-state index contributed by atoms with van der Waals surface area (Å²) in [6.45, 7) is 0.284. The molecule has 5 nitrogen and oxygen atoms in total. The summed E-state index contributed by atoms with van der Waals surface area (Å²) in [7, 11) is -3.09. The van der Waals surface area contributed by atoms with Gasteiger partial charge in [-0.05, 0) is 25.2 Å². The van der Waals surface area contributed by atoms with Gasteiger partial charge >= 0.3 is 5.97 Å². The van der Waals surface area contributed by atoms with Crippen LogP contribution in [-0.2, 0) is 14.6 Å². The van der Waals surface area contributed by atoms with Gasteiger partial charge in [-0.1, -0.05) is 0 Å². The van der Waals surface area contributed by atoms with Gasteiger partial charge in [0.15, 0.2) is 9.84 Å². The van der Waals surface area contributed by atoms with E-state index >= 15 is 0 Å². The van der Waals surface area contributed by atoms with Gasteiger partial charge in [-0.2, -0.15) is 0 Å². The molecule has 0 aromatic rings. The number of carboxylic acid groups (broad SMARTS) is 1. The lowest BCUT2D eigenvalue weighted by atomic mass is 10.2. The van der Waals surface area contributed by atoms with E-state index in [-0.39, 0.29) is 18.7 Å². The fourth-order valence-electron chi connectivity index (χ4n) is 1.91. The quantitative estimate of drug-likeness (QED) is 0.692. The first-order valence-electron chi connectivity index (χ1n) is 5.17. The molecule has 86 valence electrons. The topological polar surface area (TPSA) is 83.5 Å². The van der Waals surface area contributed by atoms with E-state index in [0.29, 0.717) is 5.92 Å². The molecule has 2 aliphatic rings. The fourth-order valence-corrected chi connectivity index (χ4v) is 4.01. The number of aliphatic carboxylic acids is 1. The van der Waals surface area contributed by atoms with Crippen molar-refractivity contribution in [1.29, 1.82) is 0 Å². The van der Waals surface area contributed by atoms with Crippen LogP contribution in [0.5, 0.6) is 0 Å². The average Bonchev–Trinajstić information content (AvgIpc) is 2.80. The van der Waals surface area contributed by atoms with Gasteiger partial charge in [0.25, 0.3) is 0 Å². The number of carbonyl (C=O) groups is 1. The average molecular weight is 233 g/mol. The SMILES string of the molecule is O=C(O)[C@@H]1C[C@@H](S(=O)(=O)CC2CC2)CN1. The molecule has 15 heavy (non-hydrogen) atoms. The van der Waals surface area contributed by atoms with Gasteiger partial charge in [-0.3, -0.25) is 4.79 Å². The van der Waals surface area contributed by atoms with Gasteiger partial charge in [0.05, 0.1) is 11.0 Å². The third-order valence-corrected chi connectivity index (χ3v) is 5.37. The Balaban J connectivity index is 1.96. The Kier molecular flexibility index (Phi) is 2.72. The summed E-state index contributed by atoms with van der Waals surface area (Å²) in [4.78, 5) is 10.7. The van der Waals surface area contributed by atoms with Crippen molar-refractivity contribution in [3.8, 4) is 0 Å². The zero-order valence-electron chi connectivity index (χ0n) is 8.35. The van der Waals surface area contributed by atoms with Crippen LogP contribution >= 0.6 is 0 Å². The highest BCUT2D eigenvalue weighted by molar-refractivity contribution is 7.92. The largest absolute Gasteiger partial charge is 0.480 e. The van der Waals surface area contributed by atoms with Crippen LogP contribution in [-0.4, -0.2) is 43.1 Å². The highest BCUT2D eigenvalue weighted by Crippen LogP contribution is 2.32. The highest BCUT2D eigenvalue weighted by Gasteiger charge is 2.39. The monoisotopic (exact) mass is 233 g/mol. The molecule has 2 rings (SSSR count). The van der Waals surface area contributed by atoms with Crippen molar-refractivity contribution in [2.45, 2.75) is 30.6 Å². The van der Waals surface area contributed by atoms with Crippen LogP contribution in [0.15, 0.2) is 0 Å². The van der Waals surface area contributed by atoms with Crippen LogP contribution in [0.3, 0.4) is 0 Å². The minimum absolute atomic E-state index is 0.213. The number of nitrogens with one attached hydrogen (secondary N) is 1. The minimum atomic E-state index is -3.09. The van der Waals surface area contributed by atoms with Gasteiger partial charge in [0, 0.05) is 6.54 Å². The first kappa shape index (κ1) is 10.9. The summed E-state index contributed by atoms with van der Waals surface area (Å²) in [5, 5.41) is 11.0. The molecule has 1 heterocycles. The van der Waals surface area contributed by atoms with Gasteiger partial charge < -0.3 is 10.4 Å². The minimum Gasteiger partial charge on any atom is -0.480 e. The lowest BCUT2D eigenvalue weighted by Crippen LogP contribution is -2.30. The van der Waals surface area contributed by atoms with Gasteiger partial charge in [0.1, 0.15) is 6.04 Å². The molecule has 1 saturated heterocycles. The number of hydrogen-bond donors (Lipinski definition) is 2. The van der Waals surface area contributed by atoms with Crippen LogP contribution in [0.1, 0.15) is 19.3 Å². The summed E-state index contributed by atoms with van der Waals surface area (Å²) in [5.41, 5.74) is 0. The molecule has 0 aromatic heterocycles. The lowest BCUT2D eigenvalue weighted by molar-refractivity contribution is -0.139. The number of rotatable bonds is 4. The maximum Gasteiger partial charge on any atom is 0.320 e. The van der Waals surface area contributed by atoms with Crippen LogP contribution in [0, 0.1) is 5.92 Å². The van der Waals surface area contributed by atoms with Crippen molar-refractivity contribution >= 4 is 15.8 Å². The Bertz CT molecular complexity index is 360. The van der Waals surface area contributed by atoms with Crippen molar-refractivity contribution in [1.82, 2.24) is 5.32 Å². The van der Waals surface area contributed by atoms with Crippen LogP contribution < -0.4 is 5.32 Å². The van der Waals surface area contributed by atoms with Crippen molar-refractivity contribution in [2.24, 2.45) is 5.92 Å². The molecule has 1 aliphatic carbocycles. The Morgan fingerprint density at radius 3 is 2.53 bits per heavy atom. The van der Waals surface area contributed by atoms with E-state index < -0.39 is 27.1 Å². The molecule has 2 N–H and O–H groups in total. The summed E-state index contributed by atoms with van der Waals surface area (Å²) >= 11 is 0. The van der Waals surface area contributed by atoms with Crippen molar-refractivity contribution in [2.75, 3.05) is 12.3 Å². The van der Waals surface area contributed by atoms with E-state index in [4.69, 9.17) is 5.11 Å².